The number of rotatable bonds is 6. The Bertz CT molecular complexity index is 592. The summed E-state index contributed by atoms with van der Waals surface area (Å²) in [5, 5.41) is 0. The maximum Gasteiger partial charge on any atom is 0.103 e. The second-order valence-corrected chi connectivity index (χ2v) is 5.57. The molecule has 0 amide bonds. The molecule has 0 fully saturated rings. The Morgan fingerprint density at radius 2 is 1.27 bits per heavy atom. The highest BCUT2D eigenvalue weighted by Gasteiger charge is 2.30. The van der Waals surface area contributed by atoms with Crippen LogP contribution < -0.4 is 0 Å². The largest absolute Gasteiger partial charge is 0.370 e. The Morgan fingerprint density at radius 1 is 0.727 bits per heavy atom. The van der Waals surface area contributed by atoms with E-state index in [-0.39, 0.29) is 18.1 Å². The van der Waals surface area contributed by atoms with Gasteiger partial charge in [-0.3, -0.25) is 0 Å². The number of ether oxygens (including phenoxy) is 2. The zero-order chi connectivity index (χ0) is 15.2. The van der Waals surface area contributed by atoms with Crippen LogP contribution in [0.2, 0.25) is 0 Å². The summed E-state index contributed by atoms with van der Waals surface area (Å²) in [6, 6.07) is 20.4. The lowest BCUT2D eigenvalue weighted by molar-refractivity contribution is -0.0675. The molecule has 2 nitrogen and oxygen atoms in total. The van der Waals surface area contributed by atoms with Gasteiger partial charge < -0.3 is 9.47 Å². The average molecular weight is 293 g/mol. The highest BCUT2D eigenvalue weighted by molar-refractivity contribution is 5.16. The minimum atomic E-state index is -0.0357. The fourth-order valence-electron chi connectivity index (χ4n) is 2.62. The Balaban J connectivity index is 1.55. The molecule has 2 aromatic rings. The van der Waals surface area contributed by atoms with Gasteiger partial charge >= 0.3 is 0 Å². The van der Waals surface area contributed by atoms with E-state index in [0.717, 1.165) is 0 Å². The maximum absolute atomic E-state index is 6.05. The van der Waals surface area contributed by atoms with Crippen molar-refractivity contribution in [3.63, 3.8) is 0 Å². The van der Waals surface area contributed by atoms with Crippen molar-refractivity contribution < 1.29 is 9.47 Å². The van der Waals surface area contributed by atoms with Crippen LogP contribution >= 0.6 is 0 Å². The first-order valence-electron chi connectivity index (χ1n) is 7.65. The predicted octanol–water partition coefficient (Wildman–Crippen LogP) is 4.18. The molecule has 2 heteroatoms. The van der Waals surface area contributed by atoms with Crippen molar-refractivity contribution in [3.05, 3.63) is 90.9 Å². The third-order valence-electron chi connectivity index (χ3n) is 3.86. The lowest BCUT2D eigenvalue weighted by atomic mass is 10.1. The summed E-state index contributed by atoms with van der Waals surface area (Å²) in [6.07, 6.45) is 4.08. The molecule has 3 rings (SSSR count). The lowest BCUT2D eigenvalue weighted by Gasteiger charge is -2.24. The van der Waals surface area contributed by atoms with E-state index in [0.29, 0.717) is 13.2 Å². The predicted molar refractivity (Wildman–Crippen MR) is 88.0 cm³/mol. The molecule has 22 heavy (non-hydrogen) atoms. The summed E-state index contributed by atoms with van der Waals surface area (Å²) in [7, 11) is 0. The third kappa shape index (κ3) is 3.85. The van der Waals surface area contributed by atoms with Crippen LogP contribution in [0.25, 0.3) is 0 Å². The molecule has 0 spiro atoms. The van der Waals surface area contributed by atoms with E-state index in [9.17, 15) is 0 Å². The minimum absolute atomic E-state index is 0.0241. The first-order valence-corrected chi connectivity index (χ1v) is 7.65. The molecule has 0 unspecified atom stereocenters. The number of hydrogen-bond donors (Lipinski definition) is 0. The summed E-state index contributed by atoms with van der Waals surface area (Å²) >= 11 is 0. The van der Waals surface area contributed by atoms with Crippen molar-refractivity contribution in [2.24, 2.45) is 5.92 Å². The molecule has 0 heterocycles. The normalized spacial score (nSPS) is 23.8. The fourth-order valence-corrected chi connectivity index (χ4v) is 2.62. The molecule has 0 aromatic heterocycles. The molecule has 113 valence electrons. The van der Waals surface area contributed by atoms with Gasteiger partial charge in [-0.1, -0.05) is 72.8 Å². The quantitative estimate of drug-likeness (QED) is 0.744. The van der Waals surface area contributed by atoms with Gasteiger partial charge in [0.05, 0.1) is 19.3 Å². The van der Waals surface area contributed by atoms with Crippen LogP contribution in [0.5, 0.6) is 0 Å². The van der Waals surface area contributed by atoms with E-state index in [1.807, 2.05) is 36.4 Å². The van der Waals surface area contributed by atoms with Crippen molar-refractivity contribution in [2.75, 3.05) is 0 Å². The van der Waals surface area contributed by atoms with Crippen LogP contribution in [0.15, 0.2) is 72.8 Å². The molecule has 1 radical (unpaired) electrons. The second kappa shape index (κ2) is 7.39. The van der Waals surface area contributed by atoms with Crippen molar-refractivity contribution >= 4 is 0 Å². The molecular formula is C20H21O2. The van der Waals surface area contributed by atoms with E-state index in [2.05, 4.69) is 43.3 Å². The van der Waals surface area contributed by atoms with E-state index in [1.165, 1.54) is 11.1 Å². The Hall–Kier alpha value is -1.90. The van der Waals surface area contributed by atoms with Gasteiger partial charge in [-0.25, -0.2) is 0 Å². The van der Waals surface area contributed by atoms with Crippen LogP contribution in [0.3, 0.4) is 0 Å². The molecule has 1 aliphatic rings. The Morgan fingerprint density at radius 3 is 1.86 bits per heavy atom. The molecular weight excluding hydrogens is 272 g/mol. The summed E-state index contributed by atoms with van der Waals surface area (Å²) in [4.78, 5) is 0. The Kier molecular flexibility index (Phi) is 5.04. The monoisotopic (exact) mass is 293 g/mol. The molecule has 0 saturated heterocycles. The molecule has 0 N–H and O–H groups in total. The zero-order valence-corrected chi connectivity index (χ0v) is 12.6. The first-order chi connectivity index (χ1) is 10.8. The van der Waals surface area contributed by atoms with E-state index < -0.39 is 0 Å². The van der Waals surface area contributed by atoms with Gasteiger partial charge in [0.1, 0.15) is 6.10 Å². The molecule has 3 atom stereocenters. The van der Waals surface area contributed by atoms with Gasteiger partial charge in [0.25, 0.3) is 0 Å². The average Bonchev–Trinajstić information content (AvgIpc) is 2.93. The third-order valence-corrected chi connectivity index (χ3v) is 3.86. The lowest BCUT2D eigenvalue weighted by Crippen LogP contribution is -2.30. The van der Waals surface area contributed by atoms with Crippen LogP contribution in [0.1, 0.15) is 11.1 Å². The van der Waals surface area contributed by atoms with Gasteiger partial charge in [0.15, 0.2) is 0 Å². The van der Waals surface area contributed by atoms with E-state index in [4.69, 9.17) is 9.47 Å². The van der Waals surface area contributed by atoms with Crippen LogP contribution in [0.4, 0.5) is 0 Å². The molecule has 0 saturated carbocycles. The van der Waals surface area contributed by atoms with Crippen LogP contribution in [-0.2, 0) is 22.7 Å². The van der Waals surface area contributed by atoms with Crippen molar-refractivity contribution in [1.82, 2.24) is 0 Å². The maximum atomic E-state index is 6.05. The van der Waals surface area contributed by atoms with Crippen molar-refractivity contribution in [2.45, 2.75) is 25.4 Å². The standard InChI is InChI=1S/C20H21O2/c1-16-12-13-19(21-14-17-8-4-2-5-9-17)20(16)22-15-18-10-6-3-7-11-18/h2-13,16,19-20H,1,14-15H2/t16-,19+,20-/m1/s1. The Labute approximate surface area is 132 Å². The topological polar surface area (TPSA) is 18.5 Å². The van der Waals surface area contributed by atoms with Gasteiger partial charge in [0.2, 0.25) is 0 Å². The highest BCUT2D eigenvalue weighted by atomic mass is 16.5. The molecule has 1 aliphatic carbocycles. The summed E-state index contributed by atoms with van der Waals surface area (Å²) in [5.74, 6) is 0.129. The first kappa shape index (κ1) is 15.0. The van der Waals surface area contributed by atoms with Gasteiger partial charge in [-0.05, 0) is 18.1 Å². The van der Waals surface area contributed by atoms with Gasteiger partial charge in [-0.15, -0.1) is 0 Å². The van der Waals surface area contributed by atoms with Crippen LogP contribution in [-0.4, -0.2) is 12.2 Å². The van der Waals surface area contributed by atoms with Gasteiger partial charge in [0, 0.05) is 5.92 Å². The fraction of sp³-hybridized carbons (Fsp3) is 0.250. The van der Waals surface area contributed by atoms with Gasteiger partial charge in [-0.2, -0.15) is 0 Å². The molecule has 0 aliphatic heterocycles. The molecule has 2 aromatic carbocycles. The minimum Gasteiger partial charge on any atom is -0.370 e. The van der Waals surface area contributed by atoms with Crippen LogP contribution in [0, 0.1) is 12.8 Å². The van der Waals surface area contributed by atoms with Crippen molar-refractivity contribution in [3.8, 4) is 0 Å². The summed E-state index contributed by atoms with van der Waals surface area (Å²) < 4.78 is 12.1. The summed E-state index contributed by atoms with van der Waals surface area (Å²) in [5.41, 5.74) is 2.34. The zero-order valence-electron chi connectivity index (χ0n) is 12.6. The summed E-state index contributed by atoms with van der Waals surface area (Å²) in [6.45, 7) is 5.32. The van der Waals surface area contributed by atoms with Crippen molar-refractivity contribution in [1.29, 1.82) is 0 Å². The smallest absolute Gasteiger partial charge is 0.103 e. The molecule has 0 bridgehead atoms. The SMILES string of the molecule is [CH2][C@@H]1C=C[C@H](OCc2ccccc2)[C@@H]1OCc1ccccc1. The number of hydrogen-bond acceptors (Lipinski definition) is 2. The number of benzene rings is 2. The van der Waals surface area contributed by atoms with E-state index >= 15 is 0 Å². The highest BCUT2D eigenvalue weighted by Crippen LogP contribution is 2.25. The second-order valence-electron chi connectivity index (χ2n) is 5.57. The van der Waals surface area contributed by atoms with E-state index in [1.54, 1.807) is 0 Å².